The summed E-state index contributed by atoms with van der Waals surface area (Å²) in [6, 6.07) is 12.7. The van der Waals surface area contributed by atoms with Gasteiger partial charge in [-0.15, -0.1) is 0 Å². The molecule has 2 aromatic carbocycles. The molecule has 0 aromatic heterocycles. The molecule has 0 spiro atoms. The molecule has 0 radical (unpaired) electrons. The van der Waals surface area contributed by atoms with Crippen molar-refractivity contribution in [1.82, 2.24) is 0 Å². The average molecular weight is 282 g/mol. The van der Waals surface area contributed by atoms with Crippen molar-refractivity contribution in [2.45, 2.75) is 12.3 Å². The Bertz CT molecular complexity index is 713. The lowest BCUT2D eigenvalue weighted by atomic mass is 9.78. The lowest BCUT2D eigenvalue weighted by molar-refractivity contribution is 0.274. The van der Waals surface area contributed by atoms with Gasteiger partial charge in [-0.2, -0.15) is 0 Å². The predicted molar refractivity (Wildman–Crippen MR) is 78.7 cm³/mol. The number of hydrogen-bond donors (Lipinski definition) is 1. The van der Waals surface area contributed by atoms with Crippen LogP contribution in [-0.4, -0.2) is 18.3 Å². The molecule has 3 heteroatoms. The quantitative estimate of drug-likeness (QED) is 0.877. The first-order valence-electron chi connectivity index (χ1n) is 6.87. The molecule has 0 amide bonds. The van der Waals surface area contributed by atoms with Crippen molar-refractivity contribution < 1.29 is 14.2 Å². The van der Waals surface area contributed by atoms with E-state index in [4.69, 9.17) is 9.84 Å². The van der Waals surface area contributed by atoms with Gasteiger partial charge in [0.15, 0.2) is 0 Å². The van der Waals surface area contributed by atoms with Gasteiger partial charge in [0.25, 0.3) is 0 Å². The van der Waals surface area contributed by atoms with Crippen LogP contribution < -0.4 is 4.74 Å². The maximum absolute atomic E-state index is 13.5. The fourth-order valence-electron chi connectivity index (χ4n) is 2.57. The van der Waals surface area contributed by atoms with E-state index in [1.807, 2.05) is 12.1 Å². The normalized spacial score (nSPS) is 15.4. The molecular formula is C18H15FO2. The molecule has 1 aliphatic rings. The van der Waals surface area contributed by atoms with E-state index in [0.717, 1.165) is 6.42 Å². The molecule has 1 atom stereocenters. The van der Waals surface area contributed by atoms with Crippen LogP contribution in [0.4, 0.5) is 4.39 Å². The number of hydrogen-bond acceptors (Lipinski definition) is 2. The number of aliphatic hydroxyl groups is 1. The topological polar surface area (TPSA) is 29.5 Å². The molecule has 0 saturated heterocycles. The van der Waals surface area contributed by atoms with Gasteiger partial charge in [-0.25, -0.2) is 4.39 Å². The summed E-state index contributed by atoms with van der Waals surface area (Å²) in [7, 11) is 0. The van der Waals surface area contributed by atoms with Crippen LogP contribution in [0.15, 0.2) is 42.5 Å². The zero-order valence-corrected chi connectivity index (χ0v) is 11.5. The summed E-state index contributed by atoms with van der Waals surface area (Å²) in [5, 5.41) is 8.68. The smallest absolute Gasteiger partial charge is 0.128 e. The van der Waals surface area contributed by atoms with Gasteiger partial charge in [0, 0.05) is 17.5 Å². The Morgan fingerprint density at radius 2 is 2.10 bits per heavy atom. The monoisotopic (exact) mass is 282 g/mol. The number of ether oxygens (including phenoxy) is 1. The Hall–Kier alpha value is -2.31. The third-order valence-electron chi connectivity index (χ3n) is 3.60. The first kappa shape index (κ1) is 13.7. The highest BCUT2D eigenvalue weighted by Gasteiger charge is 2.25. The Kier molecular flexibility index (Phi) is 3.89. The second-order valence-corrected chi connectivity index (χ2v) is 5.05. The molecular weight excluding hydrogens is 267 g/mol. The molecule has 1 aliphatic carbocycles. The second kappa shape index (κ2) is 5.99. The Balaban J connectivity index is 1.68. The summed E-state index contributed by atoms with van der Waals surface area (Å²) in [6.07, 6.45) is 1.00. The molecule has 0 fully saturated rings. The minimum Gasteiger partial charge on any atom is -0.493 e. The first-order chi connectivity index (χ1) is 10.3. The van der Waals surface area contributed by atoms with Crippen LogP contribution in [-0.2, 0) is 6.42 Å². The minimum atomic E-state index is -0.385. The SMILES string of the molecule is OCC#Cc1cc(F)cc(OCC2Cc3ccccc32)c1. The fourth-order valence-corrected chi connectivity index (χ4v) is 2.57. The van der Waals surface area contributed by atoms with Gasteiger partial charge in [0.05, 0.1) is 6.61 Å². The second-order valence-electron chi connectivity index (χ2n) is 5.05. The van der Waals surface area contributed by atoms with Crippen molar-refractivity contribution >= 4 is 0 Å². The number of fused-ring (bicyclic) bond motifs is 1. The number of aliphatic hydroxyl groups excluding tert-OH is 1. The molecule has 0 heterocycles. The lowest BCUT2D eigenvalue weighted by Gasteiger charge is -2.29. The molecule has 0 saturated carbocycles. The van der Waals surface area contributed by atoms with Gasteiger partial charge in [-0.05, 0) is 29.7 Å². The summed E-state index contributed by atoms with van der Waals surface area (Å²) in [5.74, 6) is 5.65. The van der Waals surface area contributed by atoms with E-state index in [9.17, 15) is 4.39 Å². The predicted octanol–water partition coefficient (Wildman–Crippen LogP) is 2.89. The molecule has 1 unspecified atom stereocenters. The van der Waals surface area contributed by atoms with E-state index in [1.54, 1.807) is 6.07 Å². The van der Waals surface area contributed by atoms with Crippen LogP contribution in [0.2, 0.25) is 0 Å². The summed E-state index contributed by atoms with van der Waals surface area (Å²) in [5.41, 5.74) is 3.18. The van der Waals surface area contributed by atoms with Gasteiger partial charge in [-0.1, -0.05) is 36.1 Å². The summed E-state index contributed by atoms with van der Waals surface area (Å²) >= 11 is 0. The van der Waals surface area contributed by atoms with Crippen molar-refractivity contribution in [3.8, 4) is 17.6 Å². The third-order valence-corrected chi connectivity index (χ3v) is 3.60. The van der Waals surface area contributed by atoms with E-state index >= 15 is 0 Å². The van der Waals surface area contributed by atoms with Crippen LogP contribution >= 0.6 is 0 Å². The summed E-state index contributed by atoms with van der Waals surface area (Å²) < 4.78 is 19.2. The standard InChI is InChI=1S/C18H15FO2/c19-16-8-13(4-3-7-20)9-17(11-16)21-12-15-10-14-5-1-2-6-18(14)15/h1-2,5-6,8-9,11,15,20H,7,10,12H2. The van der Waals surface area contributed by atoms with Gasteiger partial charge in [-0.3, -0.25) is 0 Å². The van der Waals surface area contributed by atoms with Crippen LogP contribution in [0.25, 0.3) is 0 Å². The molecule has 2 nitrogen and oxygen atoms in total. The van der Waals surface area contributed by atoms with Gasteiger partial charge >= 0.3 is 0 Å². The first-order valence-corrected chi connectivity index (χ1v) is 6.87. The Morgan fingerprint density at radius 3 is 2.90 bits per heavy atom. The van der Waals surface area contributed by atoms with Gasteiger partial charge < -0.3 is 9.84 Å². The molecule has 2 aromatic rings. The largest absolute Gasteiger partial charge is 0.493 e. The molecule has 0 bridgehead atoms. The van der Waals surface area contributed by atoms with Crippen molar-refractivity contribution in [3.05, 3.63) is 65.0 Å². The highest BCUT2D eigenvalue weighted by Crippen LogP contribution is 2.35. The van der Waals surface area contributed by atoms with Crippen LogP contribution in [0.1, 0.15) is 22.6 Å². The molecule has 1 N–H and O–H groups in total. The zero-order valence-electron chi connectivity index (χ0n) is 11.5. The van der Waals surface area contributed by atoms with Gasteiger partial charge in [0.2, 0.25) is 0 Å². The molecule has 106 valence electrons. The third kappa shape index (κ3) is 3.07. The van der Waals surface area contributed by atoms with E-state index in [0.29, 0.717) is 23.8 Å². The van der Waals surface area contributed by atoms with Crippen LogP contribution in [0, 0.1) is 17.7 Å². The van der Waals surface area contributed by atoms with E-state index < -0.39 is 0 Å². The highest BCUT2D eigenvalue weighted by atomic mass is 19.1. The summed E-state index contributed by atoms with van der Waals surface area (Å²) in [4.78, 5) is 0. The van der Waals surface area contributed by atoms with Crippen molar-refractivity contribution in [1.29, 1.82) is 0 Å². The Labute approximate surface area is 123 Å². The fraction of sp³-hybridized carbons (Fsp3) is 0.222. The van der Waals surface area contributed by atoms with Crippen molar-refractivity contribution in [2.24, 2.45) is 0 Å². The number of benzene rings is 2. The molecule has 0 aliphatic heterocycles. The zero-order chi connectivity index (χ0) is 14.7. The average Bonchev–Trinajstić information content (AvgIpc) is 2.45. The van der Waals surface area contributed by atoms with E-state index in [1.165, 1.54) is 23.3 Å². The minimum absolute atomic E-state index is 0.244. The Morgan fingerprint density at radius 1 is 1.24 bits per heavy atom. The molecule has 21 heavy (non-hydrogen) atoms. The van der Waals surface area contributed by atoms with Crippen LogP contribution in [0.3, 0.4) is 0 Å². The highest BCUT2D eigenvalue weighted by molar-refractivity contribution is 5.42. The maximum Gasteiger partial charge on any atom is 0.128 e. The summed E-state index contributed by atoms with van der Waals surface area (Å²) in [6.45, 7) is 0.291. The van der Waals surface area contributed by atoms with E-state index in [2.05, 4.69) is 24.0 Å². The van der Waals surface area contributed by atoms with Crippen molar-refractivity contribution in [3.63, 3.8) is 0 Å². The number of rotatable bonds is 3. The number of halogens is 1. The van der Waals surface area contributed by atoms with Gasteiger partial charge in [0.1, 0.15) is 18.2 Å². The van der Waals surface area contributed by atoms with Crippen LogP contribution in [0.5, 0.6) is 5.75 Å². The lowest BCUT2D eigenvalue weighted by Crippen LogP contribution is -2.23. The molecule has 3 rings (SSSR count). The maximum atomic E-state index is 13.5. The van der Waals surface area contributed by atoms with Crippen molar-refractivity contribution in [2.75, 3.05) is 13.2 Å². The van der Waals surface area contributed by atoms with E-state index in [-0.39, 0.29) is 12.4 Å².